The second-order valence-electron chi connectivity index (χ2n) is 6.69. The van der Waals surface area contributed by atoms with Crippen molar-refractivity contribution in [1.29, 1.82) is 0 Å². The molecule has 2 aromatic rings. The molecule has 1 heterocycles. The Morgan fingerprint density at radius 2 is 1.46 bits per heavy atom. The van der Waals surface area contributed by atoms with Gasteiger partial charge in [0.2, 0.25) is 5.91 Å². The van der Waals surface area contributed by atoms with Crippen molar-refractivity contribution < 1.29 is 14.4 Å². The molecule has 1 aliphatic heterocycles. The van der Waals surface area contributed by atoms with Crippen LogP contribution in [-0.4, -0.2) is 53.7 Å². The Bertz CT molecular complexity index is 827. The second kappa shape index (κ2) is 8.80. The lowest BCUT2D eigenvalue weighted by Crippen LogP contribution is -2.43. The van der Waals surface area contributed by atoms with Gasteiger partial charge in [0.25, 0.3) is 11.8 Å². The molecule has 0 saturated carbocycles. The van der Waals surface area contributed by atoms with Gasteiger partial charge in [0.15, 0.2) is 0 Å². The van der Waals surface area contributed by atoms with Gasteiger partial charge in [-0.25, -0.2) is 0 Å². The van der Waals surface area contributed by atoms with Crippen LogP contribution in [0.5, 0.6) is 0 Å². The van der Waals surface area contributed by atoms with Gasteiger partial charge in [0.1, 0.15) is 6.54 Å². The molecule has 3 rings (SSSR count). The minimum atomic E-state index is -0.417. The number of amides is 3. The molecule has 6 heteroatoms. The van der Waals surface area contributed by atoms with Crippen molar-refractivity contribution >= 4 is 17.7 Å². The number of benzene rings is 2. The Labute approximate surface area is 165 Å². The summed E-state index contributed by atoms with van der Waals surface area (Å²) in [6.45, 7) is 6.01. The minimum absolute atomic E-state index is 0.0299. The first kappa shape index (κ1) is 19.8. The third-order valence-corrected chi connectivity index (χ3v) is 5.11. The molecule has 2 aromatic carbocycles. The molecule has 28 heavy (non-hydrogen) atoms. The van der Waals surface area contributed by atoms with E-state index >= 15 is 0 Å². The average molecular weight is 379 g/mol. The summed E-state index contributed by atoms with van der Waals surface area (Å²) in [6.07, 6.45) is 0. The third-order valence-electron chi connectivity index (χ3n) is 5.11. The highest BCUT2D eigenvalue weighted by molar-refractivity contribution is 6.22. The molecule has 0 aliphatic carbocycles. The maximum absolute atomic E-state index is 12.5. The third kappa shape index (κ3) is 3.97. The monoisotopic (exact) mass is 379 g/mol. The number of fused-ring (bicyclic) bond motifs is 1. The molecule has 0 aromatic heterocycles. The lowest BCUT2D eigenvalue weighted by Gasteiger charge is -2.30. The van der Waals surface area contributed by atoms with E-state index in [4.69, 9.17) is 0 Å². The SMILES string of the molecule is CCN(CC)C(CNC(=O)CN1C(=O)c2ccccc2C1=O)c1ccccc1. The summed E-state index contributed by atoms with van der Waals surface area (Å²) in [5.74, 6) is -1.18. The van der Waals surface area contributed by atoms with E-state index in [0.29, 0.717) is 17.7 Å². The molecule has 146 valence electrons. The summed E-state index contributed by atoms with van der Waals surface area (Å²) in [7, 11) is 0. The number of nitrogens with zero attached hydrogens (tertiary/aromatic N) is 2. The van der Waals surface area contributed by atoms with E-state index in [9.17, 15) is 14.4 Å². The average Bonchev–Trinajstić information content (AvgIpc) is 2.97. The van der Waals surface area contributed by atoms with Crippen LogP contribution in [0, 0.1) is 0 Å². The van der Waals surface area contributed by atoms with Gasteiger partial charge in [0, 0.05) is 6.54 Å². The van der Waals surface area contributed by atoms with Gasteiger partial charge in [-0.2, -0.15) is 0 Å². The van der Waals surface area contributed by atoms with Gasteiger partial charge in [-0.15, -0.1) is 0 Å². The standard InChI is InChI=1S/C22H25N3O3/c1-3-24(4-2)19(16-10-6-5-7-11-16)14-23-20(26)15-25-21(27)17-12-8-9-13-18(17)22(25)28/h5-13,19H,3-4,14-15H2,1-2H3,(H,23,26). The number of hydrogen-bond acceptors (Lipinski definition) is 4. The van der Waals surface area contributed by atoms with Crippen LogP contribution in [0.2, 0.25) is 0 Å². The van der Waals surface area contributed by atoms with Gasteiger partial charge in [-0.05, 0) is 30.8 Å². The fraction of sp³-hybridized carbons (Fsp3) is 0.318. The van der Waals surface area contributed by atoms with E-state index < -0.39 is 11.8 Å². The lowest BCUT2D eigenvalue weighted by atomic mass is 10.1. The van der Waals surface area contributed by atoms with E-state index in [1.807, 2.05) is 30.3 Å². The fourth-order valence-electron chi connectivity index (χ4n) is 3.59. The van der Waals surface area contributed by atoms with Crippen LogP contribution in [0.1, 0.15) is 46.2 Å². The largest absolute Gasteiger partial charge is 0.353 e. The van der Waals surface area contributed by atoms with E-state index in [-0.39, 0.29) is 18.5 Å². The van der Waals surface area contributed by atoms with Crippen LogP contribution >= 0.6 is 0 Å². The molecule has 0 radical (unpaired) electrons. The summed E-state index contributed by atoms with van der Waals surface area (Å²) in [4.78, 5) is 40.6. The topological polar surface area (TPSA) is 69.7 Å². The molecule has 6 nitrogen and oxygen atoms in total. The predicted molar refractivity (Wildman–Crippen MR) is 107 cm³/mol. The molecule has 1 N–H and O–H groups in total. The molecule has 1 aliphatic rings. The van der Waals surface area contributed by atoms with Gasteiger partial charge < -0.3 is 5.32 Å². The van der Waals surface area contributed by atoms with Crippen molar-refractivity contribution in [2.24, 2.45) is 0 Å². The first-order chi connectivity index (χ1) is 13.6. The van der Waals surface area contributed by atoms with Crippen molar-refractivity contribution in [3.05, 3.63) is 71.3 Å². The quantitative estimate of drug-likeness (QED) is 0.716. The highest BCUT2D eigenvalue weighted by Gasteiger charge is 2.36. The minimum Gasteiger partial charge on any atom is -0.353 e. The zero-order chi connectivity index (χ0) is 20.1. The molecule has 0 bridgehead atoms. The Hall–Kier alpha value is -2.99. The Kier molecular flexibility index (Phi) is 6.21. The smallest absolute Gasteiger partial charge is 0.262 e. The summed E-state index contributed by atoms with van der Waals surface area (Å²) in [6, 6.07) is 16.7. The highest BCUT2D eigenvalue weighted by atomic mass is 16.2. The first-order valence-corrected chi connectivity index (χ1v) is 9.57. The van der Waals surface area contributed by atoms with Gasteiger partial charge in [-0.3, -0.25) is 24.2 Å². The maximum Gasteiger partial charge on any atom is 0.262 e. The Balaban J connectivity index is 1.66. The number of likely N-dealkylation sites (N-methyl/N-ethyl adjacent to an activating group) is 1. The number of hydrogen-bond donors (Lipinski definition) is 1. The van der Waals surface area contributed by atoms with E-state index in [0.717, 1.165) is 23.6 Å². The maximum atomic E-state index is 12.5. The van der Waals surface area contributed by atoms with Crippen molar-refractivity contribution in [2.75, 3.05) is 26.2 Å². The molecule has 3 amide bonds. The van der Waals surface area contributed by atoms with E-state index in [1.165, 1.54) is 0 Å². The molecular formula is C22H25N3O3. The molecule has 1 unspecified atom stereocenters. The molecule has 0 fully saturated rings. The number of rotatable bonds is 8. The zero-order valence-electron chi connectivity index (χ0n) is 16.2. The van der Waals surface area contributed by atoms with Crippen LogP contribution in [0.3, 0.4) is 0 Å². The van der Waals surface area contributed by atoms with Crippen LogP contribution in [0.4, 0.5) is 0 Å². The molecule has 1 atom stereocenters. The lowest BCUT2D eigenvalue weighted by molar-refractivity contribution is -0.121. The van der Waals surface area contributed by atoms with Crippen LogP contribution < -0.4 is 5.32 Å². The molecule has 0 spiro atoms. The predicted octanol–water partition coefficient (Wildman–Crippen LogP) is 2.48. The first-order valence-electron chi connectivity index (χ1n) is 9.57. The molecular weight excluding hydrogens is 354 g/mol. The van der Waals surface area contributed by atoms with Gasteiger partial charge >= 0.3 is 0 Å². The second-order valence-corrected chi connectivity index (χ2v) is 6.69. The molecule has 0 saturated heterocycles. The Morgan fingerprint density at radius 3 is 2.00 bits per heavy atom. The zero-order valence-corrected chi connectivity index (χ0v) is 16.2. The fourth-order valence-corrected chi connectivity index (χ4v) is 3.59. The summed E-state index contributed by atoms with van der Waals surface area (Å²) >= 11 is 0. The van der Waals surface area contributed by atoms with E-state index in [2.05, 4.69) is 24.1 Å². The summed E-state index contributed by atoms with van der Waals surface area (Å²) in [5.41, 5.74) is 1.82. The Morgan fingerprint density at radius 1 is 0.929 bits per heavy atom. The van der Waals surface area contributed by atoms with Crippen molar-refractivity contribution in [3.63, 3.8) is 0 Å². The number of carbonyl (C=O) groups excluding carboxylic acids is 3. The number of nitrogens with one attached hydrogen (secondary N) is 1. The summed E-state index contributed by atoms with van der Waals surface area (Å²) in [5, 5.41) is 2.90. The van der Waals surface area contributed by atoms with Gasteiger partial charge in [-0.1, -0.05) is 56.3 Å². The van der Waals surface area contributed by atoms with Crippen LogP contribution in [0.15, 0.2) is 54.6 Å². The highest BCUT2D eigenvalue weighted by Crippen LogP contribution is 2.22. The van der Waals surface area contributed by atoms with E-state index in [1.54, 1.807) is 24.3 Å². The normalized spacial score (nSPS) is 14.3. The number of carbonyl (C=O) groups is 3. The van der Waals surface area contributed by atoms with Crippen LogP contribution in [-0.2, 0) is 4.79 Å². The van der Waals surface area contributed by atoms with Crippen molar-refractivity contribution in [2.45, 2.75) is 19.9 Å². The number of imide groups is 1. The summed E-state index contributed by atoms with van der Waals surface area (Å²) < 4.78 is 0. The van der Waals surface area contributed by atoms with Crippen LogP contribution in [0.25, 0.3) is 0 Å². The van der Waals surface area contributed by atoms with Gasteiger partial charge in [0.05, 0.1) is 17.2 Å². The van der Waals surface area contributed by atoms with Crippen molar-refractivity contribution in [1.82, 2.24) is 15.1 Å². The van der Waals surface area contributed by atoms with Crippen molar-refractivity contribution in [3.8, 4) is 0 Å².